The molecule has 2 saturated heterocycles. The van der Waals surface area contributed by atoms with Gasteiger partial charge in [0.15, 0.2) is 0 Å². The van der Waals surface area contributed by atoms with E-state index in [-0.39, 0.29) is 17.5 Å². The number of amides is 1. The number of hydrogen-bond donors (Lipinski definition) is 3. The quantitative estimate of drug-likeness (QED) is 0.0872. The van der Waals surface area contributed by atoms with Gasteiger partial charge < -0.3 is 20.2 Å². The van der Waals surface area contributed by atoms with Crippen LogP contribution in [0.15, 0.2) is 136 Å². The fourth-order valence-electron chi connectivity index (χ4n) is 8.28. The van der Waals surface area contributed by atoms with Crippen LogP contribution >= 0.6 is 23.4 Å². The normalized spacial score (nSPS) is 17.6. The van der Waals surface area contributed by atoms with E-state index in [4.69, 9.17) is 11.6 Å². The molecule has 2 aliphatic rings. The Morgan fingerprint density at radius 2 is 1.52 bits per heavy atom. The summed E-state index contributed by atoms with van der Waals surface area (Å²) < 4.78 is 97.5. The van der Waals surface area contributed by atoms with Crippen molar-refractivity contribution < 1.29 is 39.9 Å². The number of thioether (sulfide) groups is 1. The summed E-state index contributed by atoms with van der Waals surface area (Å²) in [6.07, 6.45) is 2.98. The second-order valence-corrected chi connectivity index (χ2v) is 21.1. The molecule has 10 nitrogen and oxygen atoms in total. The molecule has 2 aliphatic heterocycles. The van der Waals surface area contributed by atoms with E-state index < -0.39 is 58.9 Å². The molecule has 5 aromatic rings. The molecule has 3 N–H and O–H groups in total. The second kappa shape index (κ2) is 19.7. The van der Waals surface area contributed by atoms with Crippen LogP contribution in [0, 0.1) is 5.92 Å². The average Bonchev–Trinajstić information content (AvgIpc) is 3.68. The van der Waals surface area contributed by atoms with Crippen LogP contribution in [0.4, 0.5) is 24.5 Å². The van der Waals surface area contributed by atoms with Crippen LogP contribution in [-0.4, -0.2) is 82.8 Å². The highest BCUT2D eigenvalue weighted by Crippen LogP contribution is 2.39. The maximum absolute atomic E-state index is 14.2. The number of carbonyl (C=O) groups excluding carboxylic acids is 1. The molecule has 1 amide bonds. The van der Waals surface area contributed by atoms with Gasteiger partial charge in [-0.05, 0) is 135 Å². The zero-order chi connectivity index (χ0) is 44.9. The van der Waals surface area contributed by atoms with E-state index in [1.54, 1.807) is 12.1 Å². The third-order valence-corrected chi connectivity index (χ3v) is 16.1. The van der Waals surface area contributed by atoms with Crippen molar-refractivity contribution >= 4 is 60.5 Å². The highest BCUT2D eigenvalue weighted by Gasteiger charge is 2.48. The Balaban J connectivity index is 1.03. The van der Waals surface area contributed by atoms with Gasteiger partial charge in [0.1, 0.15) is 4.90 Å². The number of sulfone groups is 1. The van der Waals surface area contributed by atoms with E-state index in [9.17, 15) is 39.9 Å². The van der Waals surface area contributed by atoms with Crippen LogP contribution in [0.3, 0.4) is 0 Å². The molecular formula is C46H48ClF3N4O6S3. The average molecular weight is 942 g/mol. The van der Waals surface area contributed by atoms with Gasteiger partial charge in [-0.3, -0.25) is 4.79 Å². The number of aliphatic hydroxyl groups excluding tert-OH is 1. The van der Waals surface area contributed by atoms with Gasteiger partial charge in [0.2, 0.25) is 0 Å². The summed E-state index contributed by atoms with van der Waals surface area (Å²) in [5, 5.41) is 15.1. The first-order valence-corrected chi connectivity index (χ1v) is 24.9. The van der Waals surface area contributed by atoms with E-state index >= 15 is 0 Å². The summed E-state index contributed by atoms with van der Waals surface area (Å²) in [6, 6.07) is 32.8. The predicted molar refractivity (Wildman–Crippen MR) is 242 cm³/mol. The molecule has 2 unspecified atom stereocenters. The van der Waals surface area contributed by atoms with Crippen LogP contribution < -0.4 is 14.9 Å². The van der Waals surface area contributed by atoms with Crippen molar-refractivity contribution in [1.82, 2.24) is 9.62 Å². The Morgan fingerprint density at radius 3 is 2.17 bits per heavy atom. The molecule has 0 bridgehead atoms. The molecule has 2 heterocycles. The Morgan fingerprint density at radius 1 is 0.857 bits per heavy atom. The third kappa shape index (κ3) is 11.0. The van der Waals surface area contributed by atoms with Gasteiger partial charge in [0, 0.05) is 52.1 Å². The van der Waals surface area contributed by atoms with Crippen molar-refractivity contribution in [3.63, 3.8) is 0 Å². The Hall–Kier alpha value is -4.58. The van der Waals surface area contributed by atoms with Crippen molar-refractivity contribution in [2.75, 3.05) is 42.7 Å². The number of hydrogen-bond acceptors (Lipinski definition) is 10. The van der Waals surface area contributed by atoms with Gasteiger partial charge in [-0.2, -0.15) is 13.2 Å². The van der Waals surface area contributed by atoms with E-state index in [2.05, 4.69) is 15.1 Å². The van der Waals surface area contributed by atoms with Gasteiger partial charge in [-0.15, -0.1) is 11.8 Å². The summed E-state index contributed by atoms with van der Waals surface area (Å²) >= 11 is 7.56. The summed E-state index contributed by atoms with van der Waals surface area (Å²) in [6.45, 7) is 2.08. The number of aliphatic hydroxyl groups is 1. The molecule has 3 atom stereocenters. The molecule has 2 fully saturated rings. The zero-order valence-electron chi connectivity index (χ0n) is 34.3. The number of anilines is 2. The zero-order valence-corrected chi connectivity index (χ0v) is 37.5. The Labute approximate surface area is 375 Å². The summed E-state index contributed by atoms with van der Waals surface area (Å²) in [4.78, 5) is 16.4. The monoisotopic (exact) mass is 940 g/mol. The molecule has 5 aromatic carbocycles. The number of nitrogens with zero attached hydrogens (tertiary/aromatic N) is 2. The first-order valence-electron chi connectivity index (χ1n) is 20.6. The van der Waals surface area contributed by atoms with Crippen LogP contribution in [0.5, 0.6) is 0 Å². The van der Waals surface area contributed by atoms with Crippen molar-refractivity contribution in [2.24, 2.45) is 5.92 Å². The van der Waals surface area contributed by atoms with E-state index in [1.165, 1.54) is 23.9 Å². The number of halogens is 4. The summed E-state index contributed by atoms with van der Waals surface area (Å²) in [5.74, 6) is -0.680. The first-order chi connectivity index (χ1) is 30.0. The molecule has 0 aliphatic carbocycles. The maximum atomic E-state index is 14.2. The minimum Gasteiger partial charge on any atom is -0.388 e. The molecule has 0 saturated carbocycles. The number of rotatable bonds is 15. The lowest BCUT2D eigenvalue weighted by Crippen LogP contribution is -2.36. The topological polar surface area (TPSA) is 136 Å². The highest BCUT2D eigenvalue weighted by molar-refractivity contribution is 7.99. The van der Waals surface area contributed by atoms with E-state index in [0.29, 0.717) is 49.2 Å². The molecule has 334 valence electrons. The molecular weight excluding hydrogens is 893 g/mol. The number of nitrogens with one attached hydrogen (secondary N) is 2. The van der Waals surface area contributed by atoms with Crippen LogP contribution in [0.2, 0.25) is 5.02 Å². The van der Waals surface area contributed by atoms with Gasteiger partial charge >= 0.3 is 5.51 Å². The predicted octanol–water partition coefficient (Wildman–Crippen LogP) is 9.43. The molecule has 17 heteroatoms. The second-order valence-electron chi connectivity index (χ2n) is 15.9. The molecule has 0 aromatic heterocycles. The Bertz CT molecular complexity index is 2600. The first kappa shape index (κ1) is 46.4. The van der Waals surface area contributed by atoms with Crippen molar-refractivity contribution in [3.8, 4) is 11.1 Å². The van der Waals surface area contributed by atoms with Crippen LogP contribution in [-0.2, 0) is 19.9 Å². The number of benzene rings is 5. The lowest BCUT2D eigenvalue weighted by Gasteiger charge is -2.36. The van der Waals surface area contributed by atoms with E-state index in [0.717, 1.165) is 58.8 Å². The molecule has 63 heavy (non-hydrogen) atoms. The third-order valence-electron chi connectivity index (χ3n) is 11.8. The molecule has 7 rings (SSSR count). The lowest BCUT2D eigenvalue weighted by molar-refractivity contribution is -0.0435. The number of alkyl halides is 3. The summed E-state index contributed by atoms with van der Waals surface area (Å²) in [7, 11) is -8.95. The maximum Gasteiger partial charge on any atom is 0.501 e. The number of piperidine rings is 1. The van der Waals surface area contributed by atoms with Gasteiger partial charge in [-0.25, -0.2) is 21.6 Å². The van der Waals surface area contributed by atoms with Crippen molar-refractivity contribution in [1.29, 1.82) is 0 Å². The van der Waals surface area contributed by atoms with E-state index in [1.807, 2.05) is 90.6 Å². The SMILES string of the molecule is CN1CCC[C@@H]1CC(CSc1ccccc1)Nc1ccc(S(=O)(=O)NC(=O)c2ccc(N3CCC(C(O)c4ccccc4-c4ccc(Cl)cc4)CC3)cc2)cc1S(=O)(=O)C(F)(F)F. The number of likely N-dealkylation sites (tertiary alicyclic amines) is 1. The van der Waals surface area contributed by atoms with Crippen LogP contribution in [0.1, 0.15) is 54.1 Å². The Kier molecular flexibility index (Phi) is 14.5. The number of sulfonamides is 1. The fourth-order valence-corrected chi connectivity index (χ4v) is 11.4. The summed E-state index contributed by atoms with van der Waals surface area (Å²) in [5.41, 5.74) is -2.68. The van der Waals surface area contributed by atoms with Gasteiger partial charge in [-0.1, -0.05) is 66.2 Å². The van der Waals surface area contributed by atoms with Gasteiger partial charge in [0.05, 0.1) is 16.7 Å². The molecule has 0 spiro atoms. The van der Waals surface area contributed by atoms with Gasteiger partial charge in [0.25, 0.3) is 25.8 Å². The minimum absolute atomic E-state index is 0.0135. The lowest BCUT2D eigenvalue weighted by atomic mass is 9.84. The molecule has 0 radical (unpaired) electrons. The standard InChI is InChI=1S/C46H48ClF3N4O6S3/c1-53-25-7-8-37(53)28-35(30-61-38-9-3-2-4-10-38)51-42-22-21-39(29-43(42)62(57,58)46(48,49)50)63(59,60)52-45(56)33-15-19-36(20-16-33)54-26-23-32(24-27-54)44(55)41-12-6-5-11-40(41)31-13-17-34(47)18-14-31/h2-6,9-22,29,32,35,37,44,51,55H,7-8,23-28,30H2,1H3,(H,52,56)/t35?,37-,44?/m1/s1. The fraction of sp³-hybridized carbons (Fsp3) is 0.326. The van der Waals surface area contributed by atoms with Crippen LogP contribution in [0.25, 0.3) is 11.1 Å². The largest absolute Gasteiger partial charge is 0.501 e. The van der Waals surface area contributed by atoms with Crippen molar-refractivity contribution in [3.05, 3.63) is 137 Å². The van der Waals surface area contributed by atoms with Crippen molar-refractivity contribution in [2.45, 2.75) is 70.5 Å². The highest BCUT2D eigenvalue weighted by atomic mass is 35.5. The smallest absolute Gasteiger partial charge is 0.388 e. The minimum atomic E-state index is -6.05. The number of carbonyl (C=O) groups is 1.